The van der Waals surface area contributed by atoms with Crippen LogP contribution >= 0.6 is 0 Å². The smallest absolute Gasteiger partial charge is 0.410 e. The zero-order chi connectivity index (χ0) is 33.0. The van der Waals surface area contributed by atoms with Gasteiger partial charge in [0.15, 0.2) is 0 Å². The van der Waals surface area contributed by atoms with E-state index in [9.17, 15) is 14.4 Å². The molecule has 0 unspecified atom stereocenters. The molecule has 1 N–H and O–H groups in total. The van der Waals surface area contributed by atoms with Crippen molar-refractivity contribution in [3.8, 4) is 5.75 Å². The zero-order valence-corrected chi connectivity index (χ0v) is 27.1. The number of benzene rings is 1. The number of carbonyl (C=O) groups excluding carboxylic acids is 3. The number of aromatic nitrogens is 2. The normalized spacial score (nSPS) is 17.0. The number of fused-ring (bicyclic) bond motifs is 1. The lowest BCUT2D eigenvalue weighted by atomic mass is 10.1. The van der Waals surface area contributed by atoms with Gasteiger partial charge in [-0.3, -0.25) is 24.4 Å². The number of anilines is 3. The second-order valence-corrected chi connectivity index (χ2v) is 12.7. The fourth-order valence-electron chi connectivity index (χ4n) is 5.77. The van der Waals surface area contributed by atoms with E-state index in [-0.39, 0.29) is 17.7 Å². The van der Waals surface area contributed by atoms with Crippen molar-refractivity contribution in [1.82, 2.24) is 19.8 Å². The summed E-state index contributed by atoms with van der Waals surface area (Å²) in [6.45, 7) is 12.6. The lowest BCUT2D eigenvalue weighted by molar-refractivity contribution is 0.0240. The molecule has 47 heavy (non-hydrogen) atoms. The largest absolute Gasteiger partial charge is 0.492 e. The van der Waals surface area contributed by atoms with Crippen LogP contribution in [0.3, 0.4) is 0 Å². The molecule has 13 nitrogen and oxygen atoms in total. The van der Waals surface area contributed by atoms with Gasteiger partial charge in [0, 0.05) is 57.6 Å². The van der Waals surface area contributed by atoms with E-state index in [2.05, 4.69) is 25.1 Å². The first-order valence-corrected chi connectivity index (χ1v) is 16.0. The third-order valence-corrected chi connectivity index (χ3v) is 8.23. The Hall–Kier alpha value is -4.75. The average molecular weight is 644 g/mol. The third-order valence-electron chi connectivity index (χ3n) is 8.23. The van der Waals surface area contributed by atoms with Gasteiger partial charge in [-0.25, -0.2) is 9.78 Å². The van der Waals surface area contributed by atoms with Crippen LogP contribution in [0.4, 0.5) is 22.0 Å². The van der Waals surface area contributed by atoms with Crippen molar-refractivity contribution in [3.05, 3.63) is 71.7 Å². The molecule has 2 saturated heterocycles. The highest BCUT2D eigenvalue weighted by molar-refractivity contribution is 6.10. The first kappa shape index (κ1) is 32.2. The third kappa shape index (κ3) is 7.80. The van der Waals surface area contributed by atoms with Gasteiger partial charge in [-0.05, 0) is 56.7 Å². The van der Waals surface area contributed by atoms with Crippen molar-refractivity contribution in [2.45, 2.75) is 32.9 Å². The number of ether oxygens (including phenoxy) is 3. The Labute approximate surface area is 274 Å². The predicted octanol–water partition coefficient (Wildman–Crippen LogP) is 3.66. The Bertz CT molecular complexity index is 1610. The fraction of sp³-hybridized carbons (Fsp3) is 0.441. The Morgan fingerprint density at radius 2 is 1.79 bits per heavy atom. The molecule has 5 heterocycles. The van der Waals surface area contributed by atoms with Crippen LogP contribution in [0.2, 0.25) is 0 Å². The lowest BCUT2D eigenvalue weighted by Crippen LogP contribution is -2.50. The van der Waals surface area contributed by atoms with Crippen LogP contribution in [-0.2, 0) is 16.0 Å². The van der Waals surface area contributed by atoms with Gasteiger partial charge in [0.1, 0.15) is 29.5 Å². The van der Waals surface area contributed by atoms with E-state index in [4.69, 9.17) is 14.2 Å². The highest BCUT2D eigenvalue weighted by atomic mass is 16.6. The van der Waals surface area contributed by atoms with E-state index in [0.717, 1.165) is 44.1 Å². The van der Waals surface area contributed by atoms with Crippen LogP contribution in [0.15, 0.2) is 54.9 Å². The molecule has 0 atom stereocenters. The van der Waals surface area contributed by atoms with E-state index in [1.54, 1.807) is 46.5 Å². The number of rotatable bonds is 8. The van der Waals surface area contributed by atoms with Crippen molar-refractivity contribution in [2.75, 3.05) is 80.8 Å². The number of hydrogen-bond donors (Lipinski definition) is 1. The van der Waals surface area contributed by atoms with Crippen LogP contribution in [0.5, 0.6) is 5.75 Å². The van der Waals surface area contributed by atoms with Gasteiger partial charge in [-0.1, -0.05) is 12.1 Å². The Morgan fingerprint density at radius 1 is 1.00 bits per heavy atom. The molecule has 3 amide bonds. The number of morpholine rings is 1. The minimum absolute atomic E-state index is 0.169. The minimum Gasteiger partial charge on any atom is -0.492 e. The fourth-order valence-corrected chi connectivity index (χ4v) is 5.77. The number of nitrogens with zero attached hydrogens (tertiary/aromatic N) is 6. The number of amides is 3. The van der Waals surface area contributed by atoms with Crippen molar-refractivity contribution < 1.29 is 28.6 Å². The molecule has 2 fully saturated rings. The lowest BCUT2D eigenvalue weighted by Gasteiger charge is -2.37. The number of pyridine rings is 2. The van der Waals surface area contributed by atoms with Crippen molar-refractivity contribution in [1.29, 1.82) is 0 Å². The first-order chi connectivity index (χ1) is 22.6. The molecule has 0 saturated carbocycles. The number of hydrogen-bond acceptors (Lipinski definition) is 10. The van der Waals surface area contributed by atoms with E-state index < -0.39 is 11.5 Å². The predicted molar refractivity (Wildman–Crippen MR) is 176 cm³/mol. The summed E-state index contributed by atoms with van der Waals surface area (Å²) in [6, 6.07) is 12.5. The molecule has 0 radical (unpaired) electrons. The highest BCUT2D eigenvalue weighted by Crippen LogP contribution is 2.31. The van der Waals surface area contributed by atoms with Gasteiger partial charge in [-0.15, -0.1) is 0 Å². The molecule has 0 bridgehead atoms. The van der Waals surface area contributed by atoms with Crippen LogP contribution in [0, 0.1) is 0 Å². The second kappa shape index (κ2) is 13.9. The Kier molecular flexibility index (Phi) is 9.55. The van der Waals surface area contributed by atoms with Gasteiger partial charge in [-0.2, -0.15) is 0 Å². The quantitative estimate of drug-likeness (QED) is 0.388. The summed E-state index contributed by atoms with van der Waals surface area (Å²) in [7, 11) is 0. The maximum absolute atomic E-state index is 13.5. The molecule has 0 aliphatic carbocycles. The summed E-state index contributed by atoms with van der Waals surface area (Å²) in [5, 5.41) is 2.94. The molecule has 6 rings (SSSR count). The maximum Gasteiger partial charge on any atom is 0.410 e. The van der Waals surface area contributed by atoms with E-state index in [1.807, 2.05) is 39.0 Å². The molecular formula is C34H41N7O6. The molecule has 2 aromatic heterocycles. The van der Waals surface area contributed by atoms with Crippen molar-refractivity contribution in [2.24, 2.45) is 0 Å². The van der Waals surface area contributed by atoms with Gasteiger partial charge < -0.3 is 29.3 Å². The Balaban J connectivity index is 1.08. The zero-order valence-electron chi connectivity index (χ0n) is 27.1. The number of nitrogens with one attached hydrogen (secondary N) is 1. The molecule has 3 aliphatic heterocycles. The Morgan fingerprint density at radius 3 is 2.55 bits per heavy atom. The molecule has 248 valence electrons. The van der Waals surface area contributed by atoms with Crippen LogP contribution < -0.4 is 19.9 Å². The van der Waals surface area contributed by atoms with E-state index in [1.165, 1.54) is 0 Å². The molecule has 3 aliphatic rings. The van der Waals surface area contributed by atoms with Gasteiger partial charge >= 0.3 is 6.09 Å². The summed E-state index contributed by atoms with van der Waals surface area (Å²) in [5.41, 5.74) is 2.37. The summed E-state index contributed by atoms with van der Waals surface area (Å²) in [5.74, 6) is 0.419. The SMILES string of the molecule is CC(C)(C)OC(=O)N1CCN(c2ccncc2NC(=O)c2cccc(N3Cc4ccc(OCCN5CCOCC5)cc4C3=O)n2)CC1. The monoisotopic (exact) mass is 643 g/mol. The topological polar surface area (TPSA) is 130 Å². The van der Waals surface area contributed by atoms with Gasteiger partial charge in [0.2, 0.25) is 0 Å². The average Bonchev–Trinajstić information content (AvgIpc) is 3.40. The molecule has 1 aromatic carbocycles. The minimum atomic E-state index is -0.560. The standard InChI is InChI=1S/C34H41N7O6/c1-34(2,3)47-33(44)40-13-11-39(12-14-40)29-9-10-35-22-28(29)37-31(42)27-5-4-6-30(36-27)41-23-24-7-8-25(21-26(24)32(41)43)46-20-17-38-15-18-45-19-16-38/h4-10,21-22H,11-20,23H2,1-3H3,(H,37,42). The summed E-state index contributed by atoms with van der Waals surface area (Å²) < 4.78 is 16.9. The molecule has 13 heteroatoms. The summed E-state index contributed by atoms with van der Waals surface area (Å²) in [4.78, 5) is 55.8. The van der Waals surface area contributed by atoms with Crippen molar-refractivity contribution >= 4 is 35.1 Å². The van der Waals surface area contributed by atoms with Crippen LogP contribution in [0.1, 0.15) is 47.2 Å². The molecule has 3 aromatic rings. The molecule has 0 spiro atoms. The van der Waals surface area contributed by atoms with Crippen LogP contribution in [-0.4, -0.2) is 109 Å². The van der Waals surface area contributed by atoms with Crippen molar-refractivity contribution in [3.63, 3.8) is 0 Å². The number of piperazine rings is 1. The second-order valence-electron chi connectivity index (χ2n) is 12.7. The van der Waals surface area contributed by atoms with E-state index in [0.29, 0.717) is 62.1 Å². The highest BCUT2D eigenvalue weighted by Gasteiger charge is 2.31. The number of carbonyl (C=O) groups is 3. The van der Waals surface area contributed by atoms with Gasteiger partial charge in [0.05, 0.1) is 37.3 Å². The summed E-state index contributed by atoms with van der Waals surface area (Å²) >= 11 is 0. The summed E-state index contributed by atoms with van der Waals surface area (Å²) in [6.07, 6.45) is 2.93. The van der Waals surface area contributed by atoms with Crippen LogP contribution in [0.25, 0.3) is 0 Å². The molecular weight excluding hydrogens is 602 g/mol. The van der Waals surface area contributed by atoms with E-state index >= 15 is 0 Å². The van der Waals surface area contributed by atoms with Gasteiger partial charge in [0.25, 0.3) is 11.8 Å². The maximum atomic E-state index is 13.5. The first-order valence-electron chi connectivity index (χ1n) is 16.0.